The van der Waals surface area contributed by atoms with E-state index < -0.39 is 0 Å². The summed E-state index contributed by atoms with van der Waals surface area (Å²) in [5, 5.41) is 0. The summed E-state index contributed by atoms with van der Waals surface area (Å²) < 4.78 is 5.24. The van der Waals surface area contributed by atoms with Crippen molar-refractivity contribution in [3.8, 4) is 5.75 Å². The number of aromatic nitrogens is 1. The summed E-state index contributed by atoms with van der Waals surface area (Å²) in [5.41, 5.74) is 6.06. The van der Waals surface area contributed by atoms with Crippen LogP contribution in [0.3, 0.4) is 0 Å². The zero-order valence-corrected chi connectivity index (χ0v) is 13.1. The van der Waals surface area contributed by atoms with E-state index in [1.807, 2.05) is 17.0 Å². The molecule has 2 atom stereocenters. The summed E-state index contributed by atoms with van der Waals surface area (Å²) in [4.78, 5) is 21.1. The van der Waals surface area contributed by atoms with Crippen LogP contribution in [0, 0.1) is 5.92 Å². The molecule has 1 aliphatic carbocycles. The molecule has 22 heavy (non-hydrogen) atoms. The molecule has 0 aromatic carbocycles. The summed E-state index contributed by atoms with van der Waals surface area (Å²) in [7, 11) is 1.65. The molecule has 3 rings (SSSR count). The fraction of sp³-hybridized carbons (Fsp3) is 0.625. The molecule has 120 valence electrons. The number of methoxy groups -OCH3 is 1. The normalized spacial score (nSPS) is 25.4. The van der Waals surface area contributed by atoms with Gasteiger partial charge in [0.1, 0.15) is 11.6 Å². The Morgan fingerprint density at radius 1 is 1.32 bits per heavy atom. The topological polar surface area (TPSA) is 71.7 Å². The van der Waals surface area contributed by atoms with Gasteiger partial charge in [0, 0.05) is 44.5 Å². The lowest BCUT2D eigenvalue weighted by molar-refractivity contribution is -0.136. The van der Waals surface area contributed by atoms with Crippen molar-refractivity contribution in [2.24, 2.45) is 11.7 Å². The number of ether oxygens (including phenoxy) is 1. The summed E-state index contributed by atoms with van der Waals surface area (Å²) in [6.07, 6.45) is 4.75. The highest BCUT2D eigenvalue weighted by Gasteiger charge is 2.34. The van der Waals surface area contributed by atoms with E-state index in [0.717, 1.165) is 57.0 Å². The summed E-state index contributed by atoms with van der Waals surface area (Å²) >= 11 is 0. The summed E-state index contributed by atoms with van der Waals surface area (Å²) in [5.74, 6) is 1.98. The fourth-order valence-corrected chi connectivity index (χ4v) is 3.39. The Bertz CT molecular complexity index is 529. The van der Waals surface area contributed by atoms with Crippen LogP contribution in [-0.4, -0.2) is 55.1 Å². The van der Waals surface area contributed by atoms with Gasteiger partial charge in [0.05, 0.1) is 13.0 Å². The molecule has 1 aromatic heterocycles. The van der Waals surface area contributed by atoms with Crippen LogP contribution in [0.5, 0.6) is 5.75 Å². The van der Waals surface area contributed by atoms with Crippen molar-refractivity contribution in [1.82, 2.24) is 9.88 Å². The van der Waals surface area contributed by atoms with Crippen LogP contribution in [0.4, 0.5) is 5.82 Å². The lowest BCUT2D eigenvalue weighted by atomic mass is 10.0. The third-order valence-corrected chi connectivity index (χ3v) is 4.75. The summed E-state index contributed by atoms with van der Waals surface area (Å²) in [6, 6.07) is 3.82. The predicted molar refractivity (Wildman–Crippen MR) is 84.9 cm³/mol. The minimum absolute atomic E-state index is 0.0292. The number of rotatable bonds is 3. The second kappa shape index (κ2) is 6.52. The monoisotopic (exact) mass is 304 g/mol. The third kappa shape index (κ3) is 3.02. The average molecular weight is 304 g/mol. The van der Waals surface area contributed by atoms with E-state index in [1.165, 1.54) is 0 Å². The molecule has 0 spiro atoms. The Balaban J connectivity index is 1.59. The minimum atomic E-state index is 0.0292. The van der Waals surface area contributed by atoms with Gasteiger partial charge in [-0.25, -0.2) is 4.98 Å². The molecule has 0 unspecified atom stereocenters. The van der Waals surface area contributed by atoms with E-state index >= 15 is 0 Å². The number of hydrogen-bond acceptors (Lipinski definition) is 5. The molecule has 6 nitrogen and oxygen atoms in total. The number of piperazine rings is 1. The molecular formula is C16H24N4O2. The van der Waals surface area contributed by atoms with E-state index in [2.05, 4.69) is 9.88 Å². The van der Waals surface area contributed by atoms with E-state index in [-0.39, 0.29) is 17.9 Å². The van der Waals surface area contributed by atoms with Gasteiger partial charge in [0.15, 0.2) is 0 Å². The molecule has 1 aromatic rings. The number of nitrogens with zero attached hydrogens (tertiary/aromatic N) is 3. The fourth-order valence-electron chi connectivity index (χ4n) is 3.39. The van der Waals surface area contributed by atoms with Crippen molar-refractivity contribution in [1.29, 1.82) is 0 Å². The number of carbonyl (C=O) groups excluding carboxylic acids is 1. The molecule has 6 heteroatoms. The predicted octanol–water partition coefficient (Wildman–Crippen LogP) is 0.866. The van der Waals surface area contributed by atoms with Crippen LogP contribution in [0.25, 0.3) is 0 Å². The van der Waals surface area contributed by atoms with Gasteiger partial charge in [-0.05, 0) is 18.9 Å². The van der Waals surface area contributed by atoms with Crippen LogP contribution >= 0.6 is 0 Å². The van der Waals surface area contributed by atoms with Gasteiger partial charge in [0.25, 0.3) is 0 Å². The highest BCUT2D eigenvalue weighted by molar-refractivity contribution is 5.80. The first-order valence-electron chi connectivity index (χ1n) is 7.98. The SMILES string of the molecule is COc1ccnc(N2CCN(C(=O)[C@H]3CCC[C@H]3N)CC2)c1. The number of anilines is 1. The maximum atomic E-state index is 12.5. The first kappa shape index (κ1) is 15.1. The summed E-state index contributed by atoms with van der Waals surface area (Å²) in [6.45, 7) is 3.07. The Hall–Kier alpha value is -1.82. The van der Waals surface area contributed by atoms with Crippen molar-refractivity contribution < 1.29 is 9.53 Å². The lowest BCUT2D eigenvalue weighted by Crippen LogP contribution is -2.52. The molecule has 0 radical (unpaired) electrons. The minimum Gasteiger partial charge on any atom is -0.497 e. The Morgan fingerprint density at radius 2 is 2.09 bits per heavy atom. The molecule has 1 saturated heterocycles. The van der Waals surface area contributed by atoms with Gasteiger partial charge in [-0.15, -0.1) is 0 Å². The van der Waals surface area contributed by atoms with Crippen molar-refractivity contribution in [2.75, 3.05) is 38.2 Å². The molecule has 2 fully saturated rings. The molecule has 2 N–H and O–H groups in total. The number of nitrogens with two attached hydrogens (primary N) is 1. The van der Waals surface area contributed by atoms with Gasteiger partial charge in [-0.2, -0.15) is 0 Å². The number of hydrogen-bond donors (Lipinski definition) is 1. The highest BCUT2D eigenvalue weighted by atomic mass is 16.5. The molecule has 0 bridgehead atoms. The van der Waals surface area contributed by atoms with E-state index in [1.54, 1.807) is 13.3 Å². The second-order valence-corrected chi connectivity index (χ2v) is 6.07. The van der Waals surface area contributed by atoms with E-state index in [9.17, 15) is 4.79 Å². The molecular weight excluding hydrogens is 280 g/mol. The zero-order chi connectivity index (χ0) is 15.5. The highest BCUT2D eigenvalue weighted by Crippen LogP contribution is 2.27. The first-order valence-corrected chi connectivity index (χ1v) is 7.98. The Labute approximate surface area is 131 Å². The molecule has 2 aliphatic rings. The number of pyridine rings is 1. The van der Waals surface area contributed by atoms with Crippen molar-refractivity contribution >= 4 is 11.7 Å². The van der Waals surface area contributed by atoms with Gasteiger partial charge < -0.3 is 20.3 Å². The number of carbonyl (C=O) groups is 1. The van der Waals surface area contributed by atoms with E-state index in [0.29, 0.717) is 0 Å². The zero-order valence-electron chi connectivity index (χ0n) is 13.1. The van der Waals surface area contributed by atoms with Crippen LogP contribution < -0.4 is 15.4 Å². The van der Waals surface area contributed by atoms with Gasteiger partial charge in [-0.1, -0.05) is 6.42 Å². The first-order chi connectivity index (χ1) is 10.7. The van der Waals surface area contributed by atoms with Crippen LogP contribution in [0.1, 0.15) is 19.3 Å². The second-order valence-electron chi connectivity index (χ2n) is 6.07. The maximum Gasteiger partial charge on any atom is 0.227 e. The van der Waals surface area contributed by atoms with Gasteiger partial charge in [-0.3, -0.25) is 4.79 Å². The van der Waals surface area contributed by atoms with Crippen LogP contribution in [0.15, 0.2) is 18.3 Å². The van der Waals surface area contributed by atoms with Crippen molar-refractivity contribution in [3.63, 3.8) is 0 Å². The van der Waals surface area contributed by atoms with Gasteiger partial charge >= 0.3 is 0 Å². The smallest absolute Gasteiger partial charge is 0.227 e. The molecule has 1 saturated carbocycles. The lowest BCUT2D eigenvalue weighted by Gasteiger charge is -2.37. The Morgan fingerprint density at radius 3 is 2.73 bits per heavy atom. The third-order valence-electron chi connectivity index (χ3n) is 4.75. The molecule has 1 aliphatic heterocycles. The number of amides is 1. The maximum absolute atomic E-state index is 12.5. The standard InChI is InChI=1S/C16H24N4O2/c1-22-12-5-6-18-15(11-12)19-7-9-20(10-8-19)16(21)13-3-2-4-14(13)17/h5-6,11,13-14H,2-4,7-10,17H2,1H3/t13-,14+/m0/s1. The van der Waals surface area contributed by atoms with Crippen LogP contribution in [0.2, 0.25) is 0 Å². The van der Waals surface area contributed by atoms with Crippen molar-refractivity contribution in [3.05, 3.63) is 18.3 Å². The quantitative estimate of drug-likeness (QED) is 0.897. The van der Waals surface area contributed by atoms with Gasteiger partial charge in [0.2, 0.25) is 5.91 Å². The van der Waals surface area contributed by atoms with Crippen LogP contribution in [-0.2, 0) is 4.79 Å². The molecule has 2 heterocycles. The largest absolute Gasteiger partial charge is 0.497 e. The Kier molecular flexibility index (Phi) is 4.47. The molecule has 1 amide bonds. The average Bonchev–Trinajstić information content (AvgIpc) is 3.00. The van der Waals surface area contributed by atoms with E-state index in [4.69, 9.17) is 10.5 Å². The van der Waals surface area contributed by atoms with Crippen molar-refractivity contribution in [2.45, 2.75) is 25.3 Å².